The van der Waals surface area contributed by atoms with Gasteiger partial charge in [0.25, 0.3) is 0 Å². The van der Waals surface area contributed by atoms with Crippen molar-refractivity contribution >= 4 is 17.3 Å². The number of nitrogens with one attached hydrogen (secondary N) is 1. The monoisotopic (exact) mass is 523 g/mol. The zero-order valence-electron chi connectivity index (χ0n) is 22.4. The highest BCUT2D eigenvalue weighted by Gasteiger charge is 2.53. The molecule has 3 fully saturated rings. The molecule has 1 atom stereocenters. The molecule has 1 aliphatic carbocycles. The van der Waals surface area contributed by atoms with Crippen molar-refractivity contribution in [2.75, 3.05) is 49.6 Å². The van der Waals surface area contributed by atoms with Crippen LogP contribution in [0.2, 0.25) is 0 Å². The molecule has 2 N–H and O–H groups in total. The highest BCUT2D eigenvalue weighted by Crippen LogP contribution is 2.40. The van der Waals surface area contributed by atoms with E-state index in [1.54, 1.807) is 29.4 Å². The number of halogens is 1. The molecule has 3 heterocycles. The topological polar surface area (TPSA) is 71.9 Å². The Bertz CT molecular complexity index is 1020. The van der Waals surface area contributed by atoms with Crippen LogP contribution < -0.4 is 10.2 Å². The summed E-state index contributed by atoms with van der Waals surface area (Å²) >= 11 is 0. The number of benzene rings is 1. The van der Waals surface area contributed by atoms with Crippen molar-refractivity contribution in [1.82, 2.24) is 14.8 Å². The Labute approximate surface area is 226 Å². The summed E-state index contributed by atoms with van der Waals surface area (Å²) in [6.07, 6.45) is 13.6. The van der Waals surface area contributed by atoms with Gasteiger partial charge in [0.1, 0.15) is 11.4 Å². The van der Waals surface area contributed by atoms with Crippen molar-refractivity contribution in [3.8, 4) is 0 Å². The summed E-state index contributed by atoms with van der Waals surface area (Å²) in [6, 6.07) is 10.2. The number of aliphatic hydroxyl groups excluding tert-OH is 1. The first kappa shape index (κ1) is 26.9. The first-order valence-electron chi connectivity index (χ1n) is 14.4. The lowest BCUT2D eigenvalue weighted by Crippen LogP contribution is -2.57. The first-order chi connectivity index (χ1) is 18.5. The number of carbonyl (C=O) groups is 1. The lowest BCUT2D eigenvalue weighted by Gasteiger charge is -2.44. The predicted molar refractivity (Wildman–Crippen MR) is 148 cm³/mol. The molecule has 1 spiro atoms. The van der Waals surface area contributed by atoms with E-state index in [0.717, 1.165) is 49.8 Å². The van der Waals surface area contributed by atoms with E-state index in [4.69, 9.17) is 0 Å². The number of likely N-dealkylation sites (tertiary alicyclic amines) is 1. The Kier molecular flexibility index (Phi) is 8.79. The predicted octanol–water partition coefficient (Wildman–Crippen LogP) is 4.49. The highest BCUT2D eigenvalue weighted by atomic mass is 19.1. The van der Waals surface area contributed by atoms with Crippen LogP contribution in [-0.2, 0) is 4.79 Å². The van der Waals surface area contributed by atoms with Gasteiger partial charge >= 0.3 is 0 Å². The minimum Gasteiger partial charge on any atom is -0.389 e. The molecule has 5 rings (SSSR count). The van der Waals surface area contributed by atoms with Gasteiger partial charge in [-0.2, -0.15) is 0 Å². The lowest BCUT2D eigenvalue weighted by molar-refractivity contribution is -0.134. The molecule has 1 aromatic heterocycles. The molecule has 3 aliphatic rings. The first-order valence-corrected chi connectivity index (χ1v) is 14.4. The standard InChI is InChI=1S/C30H42FN5O2/c31-25-8-10-27(11-9-25)36-23-35(22-28(37)20-33-26-12-16-32-17-13-26)29(38)30(36)14-18-34(19-15-30)21-24-6-4-2-1-3-5-7-24/h8-13,16-17,24,28,37H,1-7,14-15,18-23H2,(H,32,33)/t28-/m0/s1. The minimum absolute atomic E-state index is 0.0791. The largest absolute Gasteiger partial charge is 0.389 e. The summed E-state index contributed by atoms with van der Waals surface area (Å²) in [4.78, 5) is 24.5. The Morgan fingerprint density at radius 2 is 1.66 bits per heavy atom. The molecule has 1 aromatic carbocycles. The van der Waals surface area contributed by atoms with Gasteiger partial charge < -0.3 is 25.1 Å². The maximum atomic E-state index is 14.0. The molecule has 2 saturated heterocycles. The zero-order valence-corrected chi connectivity index (χ0v) is 22.4. The number of rotatable bonds is 8. The molecule has 1 amide bonds. The summed E-state index contributed by atoms with van der Waals surface area (Å²) in [6.45, 7) is 3.90. The summed E-state index contributed by atoms with van der Waals surface area (Å²) in [5.41, 5.74) is 1.10. The van der Waals surface area contributed by atoms with E-state index in [0.29, 0.717) is 13.2 Å². The van der Waals surface area contributed by atoms with Gasteiger partial charge in [0.15, 0.2) is 0 Å². The van der Waals surface area contributed by atoms with Crippen LogP contribution in [0.4, 0.5) is 15.8 Å². The number of hydrogen-bond donors (Lipinski definition) is 2. The number of nitrogens with zero attached hydrogens (tertiary/aromatic N) is 4. The normalized spacial score (nSPS) is 21.9. The number of pyridine rings is 1. The van der Waals surface area contributed by atoms with E-state index in [2.05, 4.69) is 20.1 Å². The van der Waals surface area contributed by atoms with Gasteiger partial charge in [-0.15, -0.1) is 0 Å². The van der Waals surface area contributed by atoms with Crippen LogP contribution in [0.25, 0.3) is 0 Å². The van der Waals surface area contributed by atoms with Gasteiger partial charge in [-0.3, -0.25) is 9.78 Å². The quantitative estimate of drug-likeness (QED) is 0.531. The maximum absolute atomic E-state index is 14.0. The Hall–Kier alpha value is -2.71. The van der Waals surface area contributed by atoms with E-state index in [-0.39, 0.29) is 18.3 Å². The number of amides is 1. The average molecular weight is 524 g/mol. The maximum Gasteiger partial charge on any atom is 0.250 e. The third-order valence-electron chi connectivity index (χ3n) is 8.73. The van der Waals surface area contributed by atoms with Crippen LogP contribution in [0.1, 0.15) is 57.8 Å². The molecule has 0 unspecified atom stereocenters. The van der Waals surface area contributed by atoms with E-state index < -0.39 is 11.6 Å². The molecule has 2 aromatic rings. The third kappa shape index (κ3) is 6.29. The number of carbonyl (C=O) groups excluding carboxylic acids is 1. The second-order valence-corrected chi connectivity index (χ2v) is 11.4. The Balaban J connectivity index is 1.25. The molecule has 38 heavy (non-hydrogen) atoms. The van der Waals surface area contributed by atoms with Gasteiger partial charge in [0, 0.05) is 49.9 Å². The molecule has 7 nitrogen and oxygen atoms in total. The molecular formula is C30H42FN5O2. The zero-order chi connectivity index (χ0) is 26.4. The Morgan fingerprint density at radius 1 is 1.00 bits per heavy atom. The van der Waals surface area contributed by atoms with Crippen LogP contribution in [-0.4, -0.2) is 76.8 Å². The minimum atomic E-state index is -0.711. The molecule has 0 radical (unpaired) electrons. The van der Waals surface area contributed by atoms with Crippen LogP contribution in [0, 0.1) is 11.7 Å². The fourth-order valence-electron chi connectivity index (χ4n) is 6.57. The average Bonchev–Trinajstić information content (AvgIpc) is 3.17. The number of aromatic nitrogens is 1. The van der Waals surface area contributed by atoms with Crippen LogP contribution in [0.15, 0.2) is 48.8 Å². The van der Waals surface area contributed by atoms with E-state index in [1.165, 1.54) is 57.1 Å². The van der Waals surface area contributed by atoms with Crippen LogP contribution >= 0.6 is 0 Å². The fourth-order valence-corrected chi connectivity index (χ4v) is 6.57. The second-order valence-electron chi connectivity index (χ2n) is 11.4. The summed E-state index contributed by atoms with van der Waals surface area (Å²) in [5, 5.41) is 14.0. The lowest BCUT2D eigenvalue weighted by atomic mass is 9.84. The Morgan fingerprint density at radius 3 is 2.34 bits per heavy atom. The molecule has 0 bridgehead atoms. The van der Waals surface area contributed by atoms with Gasteiger partial charge in [-0.1, -0.05) is 32.1 Å². The molecule has 8 heteroatoms. The molecule has 2 aliphatic heterocycles. The highest BCUT2D eigenvalue weighted by molar-refractivity contribution is 5.93. The number of anilines is 2. The fraction of sp³-hybridized carbons (Fsp3) is 0.600. The van der Waals surface area contributed by atoms with Crippen molar-refractivity contribution in [2.45, 2.75) is 69.4 Å². The third-order valence-corrected chi connectivity index (χ3v) is 8.73. The number of hydrogen-bond acceptors (Lipinski definition) is 6. The summed E-state index contributed by atoms with van der Waals surface area (Å²) in [5.74, 6) is 0.559. The van der Waals surface area contributed by atoms with Crippen molar-refractivity contribution in [3.05, 3.63) is 54.6 Å². The van der Waals surface area contributed by atoms with Crippen LogP contribution in [0.3, 0.4) is 0 Å². The number of β-amino-alcohol motifs (C(OH)–C–C–N with tert-alkyl or cyclic N) is 1. The van der Waals surface area contributed by atoms with Crippen molar-refractivity contribution in [2.24, 2.45) is 5.92 Å². The smallest absolute Gasteiger partial charge is 0.250 e. The van der Waals surface area contributed by atoms with Crippen molar-refractivity contribution < 1.29 is 14.3 Å². The van der Waals surface area contributed by atoms with Gasteiger partial charge in [0.05, 0.1) is 19.3 Å². The van der Waals surface area contributed by atoms with Crippen LogP contribution in [0.5, 0.6) is 0 Å². The summed E-state index contributed by atoms with van der Waals surface area (Å²) < 4.78 is 13.7. The van der Waals surface area contributed by atoms with Gasteiger partial charge in [0.2, 0.25) is 5.91 Å². The van der Waals surface area contributed by atoms with E-state index in [1.807, 2.05) is 12.1 Å². The van der Waals surface area contributed by atoms with Crippen molar-refractivity contribution in [1.29, 1.82) is 0 Å². The van der Waals surface area contributed by atoms with Gasteiger partial charge in [-0.05, 0) is 68.0 Å². The number of piperidine rings is 1. The number of aliphatic hydroxyl groups is 1. The summed E-state index contributed by atoms with van der Waals surface area (Å²) in [7, 11) is 0. The van der Waals surface area contributed by atoms with E-state index in [9.17, 15) is 14.3 Å². The molecular weight excluding hydrogens is 481 g/mol. The second kappa shape index (κ2) is 12.4. The molecule has 206 valence electrons. The van der Waals surface area contributed by atoms with E-state index >= 15 is 0 Å². The SMILES string of the molecule is O=C1N(C[C@@H](O)CNc2ccncc2)CN(c2ccc(F)cc2)C12CCN(CC1CCCCCCC1)CC2. The van der Waals surface area contributed by atoms with Gasteiger partial charge in [-0.25, -0.2) is 4.39 Å². The molecule has 1 saturated carbocycles. The van der Waals surface area contributed by atoms with Crippen molar-refractivity contribution in [3.63, 3.8) is 0 Å².